The second-order valence-corrected chi connectivity index (χ2v) is 7.17. The van der Waals surface area contributed by atoms with Gasteiger partial charge in [0.2, 0.25) is 0 Å². The van der Waals surface area contributed by atoms with Crippen LogP contribution in [-0.4, -0.2) is 10.9 Å². The minimum Gasteiger partial charge on any atom is -0.348 e. The maximum absolute atomic E-state index is 12.9. The Balaban J connectivity index is 1.73. The molecule has 0 fully saturated rings. The smallest absolute Gasteiger partial charge is 0.252 e. The molecule has 1 aromatic heterocycles. The van der Waals surface area contributed by atoms with E-state index in [1.54, 1.807) is 0 Å². The Morgan fingerprint density at radius 1 is 0.889 bits per heavy atom. The Morgan fingerprint density at radius 3 is 2.48 bits per heavy atom. The van der Waals surface area contributed by atoms with Gasteiger partial charge in [0.05, 0.1) is 16.8 Å². The predicted octanol–water partition coefficient (Wildman–Crippen LogP) is 5.59. The number of benzene rings is 3. The minimum absolute atomic E-state index is 0.103. The monoisotopic (exact) mass is 416 g/mol. The van der Waals surface area contributed by atoms with Crippen molar-refractivity contribution in [3.63, 3.8) is 0 Å². The molecule has 3 nitrogen and oxygen atoms in total. The van der Waals surface area contributed by atoms with Gasteiger partial charge in [-0.15, -0.1) is 0 Å². The number of fused-ring (bicyclic) bond motifs is 1. The zero-order chi connectivity index (χ0) is 18.6. The fourth-order valence-electron chi connectivity index (χ4n) is 3.03. The lowest BCUT2D eigenvalue weighted by Gasteiger charge is -2.11. The number of hydrogen-bond acceptors (Lipinski definition) is 2. The molecule has 0 aliphatic carbocycles. The first kappa shape index (κ1) is 17.4. The predicted molar refractivity (Wildman–Crippen MR) is 112 cm³/mol. The van der Waals surface area contributed by atoms with Gasteiger partial charge < -0.3 is 5.32 Å². The third-order valence-electron chi connectivity index (χ3n) is 4.38. The van der Waals surface area contributed by atoms with Crippen LogP contribution >= 0.6 is 15.9 Å². The van der Waals surface area contributed by atoms with Crippen LogP contribution in [0, 0.1) is 0 Å². The average Bonchev–Trinajstić information content (AvgIpc) is 2.72. The van der Waals surface area contributed by atoms with E-state index in [2.05, 4.69) is 21.2 Å². The largest absolute Gasteiger partial charge is 0.348 e. The highest BCUT2D eigenvalue weighted by molar-refractivity contribution is 9.10. The van der Waals surface area contributed by atoms with Gasteiger partial charge in [-0.05, 0) is 29.8 Å². The van der Waals surface area contributed by atoms with Crippen molar-refractivity contribution in [1.29, 1.82) is 0 Å². The Labute approximate surface area is 166 Å². The molecule has 0 radical (unpaired) electrons. The summed E-state index contributed by atoms with van der Waals surface area (Å²) in [7, 11) is 0. The highest BCUT2D eigenvalue weighted by Gasteiger charge is 2.14. The fraction of sp³-hybridized carbons (Fsp3) is 0.0435. The van der Waals surface area contributed by atoms with Crippen LogP contribution in [0.1, 0.15) is 15.9 Å². The normalized spacial score (nSPS) is 10.7. The zero-order valence-electron chi connectivity index (χ0n) is 14.5. The number of carbonyl (C=O) groups is 1. The second kappa shape index (κ2) is 7.72. The van der Waals surface area contributed by atoms with Crippen LogP contribution in [0.4, 0.5) is 0 Å². The molecular weight excluding hydrogens is 400 g/mol. The lowest BCUT2D eigenvalue weighted by Crippen LogP contribution is -2.23. The molecule has 0 bridgehead atoms. The molecule has 27 heavy (non-hydrogen) atoms. The molecule has 1 heterocycles. The van der Waals surface area contributed by atoms with Crippen molar-refractivity contribution in [2.24, 2.45) is 0 Å². The van der Waals surface area contributed by atoms with Gasteiger partial charge in [0.15, 0.2) is 0 Å². The summed E-state index contributed by atoms with van der Waals surface area (Å²) in [6, 6.07) is 27.4. The van der Waals surface area contributed by atoms with Gasteiger partial charge in [0.1, 0.15) is 0 Å². The summed E-state index contributed by atoms with van der Waals surface area (Å²) in [5, 5.41) is 3.87. The number of pyridine rings is 1. The minimum atomic E-state index is -0.103. The van der Waals surface area contributed by atoms with Gasteiger partial charge in [-0.3, -0.25) is 4.79 Å². The number of carbonyl (C=O) groups excluding carboxylic acids is 1. The molecule has 4 aromatic rings. The van der Waals surface area contributed by atoms with E-state index in [1.165, 1.54) is 0 Å². The molecule has 1 amide bonds. The highest BCUT2D eigenvalue weighted by atomic mass is 79.9. The second-order valence-electron chi connectivity index (χ2n) is 6.25. The molecule has 1 N–H and O–H groups in total. The molecule has 3 aromatic carbocycles. The van der Waals surface area contributed by atoms with E-state index in [1.807, 2.05) is 84.9 Å². The Morgan fingerprint density at radius 2 is 1.67 bits per heavy atom. The van der Waals surface area contributed by atoms with Gasteiger partial charge in [0, 0.05) is 22.0 Å². The van der Waals surface area contributed by atoms with Crippen LogP contribution in [0.15, 0.2) is 89.4 Å². The summed E-state index contributed by atoms with van der Waals surface area (Å²) in [5.74, 6) is -0.103. The van der Waals surface area contributed by atoms with E-state index >= 15 is 0 Å². The van der Waals surface area contributed by atoms with Crippen molar-refractivity contribution in [2.45, 2.75) is 6.54 Å². The average molecular weight is 417 g/mol. The topological polar surface area (TPSA) is 42.0 Å². The molecule has 0 unspecified atom stereocenters. The first-order valence-electron chi connectivity index (χ1n) is 8.68. The first-order chi connectivity index (χ1) is 13.2. The van der Waals surface area contributed by atoms with Gasteiger partial charge in [0.25, 0.3) is 5.91 Å². The van der Waals surface area contributed by atoms with E-state index in [4.69, 9.17) is 4.98 Å². The van der Waals surface area contributed by atoms with Crippen LogP contribution in [0.5, 0.6) is 0 Å². The quantitative estimate of drug-likeness (QED) is 0.470. The third-order valence-corrected chi connectivity index (χ3v) is 4.87. The molecule has 0 saturated heterocycles. The summed E-state index contributed by atoms with van der Waals surface area (Å²) in [6.45, 7) is 0.489. The molecule has 4 heteroatoms. The van der Waals surface area contributed by atoms with Crippen molar-refractivity contribution < 1.29 is 4.79 Å². The number of nitrogens with one attached hydrogen (secondary N) is 1. The molecular formula is C23H17BrN2O. The lowest BCUT2D eigenvalue weighted by atomic mass is 10.0. The van der Waals surface area contributed by atoms with E-state index in [0.717, 1.165) is 32.2 Å². The molecule has 0 saturated carbocycles. The number of aromatic nitrogens is 1. The summed E-state index contributed by atoms with van der Waals surface area (Å²) >= 11 is 3.50. The number of nitrogens with zero attached hydrogens (tertiary/aromatic N) is 1. The standard InChI is InChI=1S/C23H17BrN2O/c24-18-10-6-9-17(13-18)22-14-20(19-11-4-5-12-21(19)26-22)23(27)25-15-16-7-2-1-3-8-16/h1-14H,15H2,(H,25,27). The van der Waals surface area contributed by atoms with Crippen molar-refractivity contribution >= 4 is 32.7 Å². The van der Waals surface area contributed by atoms with Gasteiger partial charge in [-0.25, -0.2) is 4.98 Å². The summed E-state index contributed by atoms with van der Waals surface area (Å²) < 4.78 is 0.977. The van der Waals surface area contributed by atoms with E-state index < -0.39 is 0 Å². The molecule has 4 rings (SSSR count). The third kappa shape index (κ3) is 3.91. The fourth-order valence-corrected chi connectivity index (χ4v) is 3.43. The number of para-hydroxylation sites is 1. The summed E-state index contributed by atoms with van der Waals surface area (Å²) in [5.41, 5.74) is 4.25. The summed E-state index contributed by atoms with van der Waals surface area (Å²) in [6.07, 6.45) is 0. The first-order valence-corrected chi connectivity index (χ1v) is 9.48. The Kier molecular flexibility index (Phi) is 4.99. The molecule has 0 aliphatic heterocycles. The van der Waals surface area contributed by atoms with Crippen LogP contribution in [0.3, 0.4) is 0 Å². The molecule has 0 atom stereocenters. The molecule has 0 spiro atoms. The molecule has 132 valence electrons. The number of hydrogen-bond donors (Lipinski definition) is 1. The summed E-state index contributed by atoms with van der Waals surface area (Å²) in [4.78, 5) is 17.7. The van der Waals surface area contributed by atoms with E-state index in [0.29, 0.717) is 12.1 Å². The van der Waals surface area contributed by atoms with Crippen LogP contribution in [-0.2, 0) is 6.54 Å². The van der Waals surface area contributed by atoms with Crippen molar-refractivity contribution in [3.8, 4) is 11.3 Å². The van der Waals surface area contributed by atoms with E-state index in [-0.39, 0.29) is 5.91 Å². The van der Waals surface area contributed by atoms with Gasteiger partial charge in [-0.1, -0.05) is 76.6 Å². The number of rotatable bonds is 4. The maximum atomic E-state index is 12.9. The molecule has 0 aliphatic rings. The van der Waals surface area contributed by atoms with Crippen LogP contribution < -0.4 is 5.32 Å². The van der Waals surface area contributed by atoms with Crippen LogP contribution in [0.2, 0.25) is 0 Å². The maximum Gasteiger partial charge on any atom is 0.252 e. The van der Waals surface area contributed by atoms with Crippen molar-refractivity contribution in [2.75, 3.05) is 0 Å². The Hall–Kier alpha value is -2.98. The van der Waals surface area contributed by atoms with Crippen LogP contribution in [0.25, 0.3) is 22.2 Å². The van der Waals surface area contributed by atoms with Crippen molar-refractivity contribution in [1.82, 2.24) is 10.3 Å². The SMILES string of the molecule is O=C(NCc1ccccc1)c1cc(-c2cccc(Br)c2)nc2ccccc12. The lowest BCUT2D eigenvalue weighted by molar-refractivity contribution is 0.0952. The van der Waals surface area contributed by atoms with E-state index in [9.17, 15) is 4.79 Å². The van der Waals surface area contributed by atoms with Crippen molar-refractivity contribution in [3.05, 3.63) is 101 Å². The van der Waals surface area contributed by atoms with Gasteiger partial charge in [-0.2, -0.15) is 0 Å². The van der Waals surface area contributed by atoms with Gasteiger partial charge >= 0.3 is 0 Å². The highest BCUT2D eigenvalue weighted by Crippen LogP contribution is 2.26. The zero-order valence-corrected chi connectivity index (χ0v) is 16.1. The number of halogens is 1. The number of amides is 1. The Bertz CT molecular complexity index is 1110.